The van der Waals surface area contributed by atoms with Crippen LogP contribution in [0.5, 0.6) is 0 Å². The van der Waals surface area contributed by atoms with E-state index in [1.165, 1.54) is 0 Å². The van der Waals surface area contributed by atoms with Crippen molar-refractivity contribution in [2.75, 3.05) is 18.9 Å². The van der Waals surface area contributed by atoms with Gasteiger partial charge in [-0.2, -0.15) is 0 Å². The van der Waals surface area contributed by atoms with Crippen LogP contribution in [0, 0.1) is 11.3 Å². The lowest BCUT2D eigenvalue weighted by Gasteiger charge is -2.28. The zero-order chi connectivity index (χ0) is 21.3. The zero-order valence-electron chi connectivity index (χ0n) is 17.1. The molecule has 9 nitrogen and oxygen atoms in total. The Bertz CT molecular complexity index is 979. The first-order chi connectivity index (χ1) is 13.6. The minimum atomic E-state index is -0.926. The molecule has 29 heavy (non-hydrogen) atoms. The van der Waals surface area contributed by atoms with Crippen LogP contribution in [-0.2, 0) is 16.1 Å². The Morgan fingerprint density at radius 1 is 1.24 bits per heavy atom. The molecule has 0 spiro atoms. The van der Waals surface area contributed by atoms with Crippen LogP contribution in [0.15, 0.2) is 23.0 Å². The van der Waals surface area contributed by atoms with Gasteiger partial charge in [0, 0.05) is 25.4 Å². The lowest BCUT2D eigenvalue weighted by atomic mass is 9.86. The van der Waals surface area contributed by atoms with Gasteiger partial charge in [0.1, 0.15) is 6.04 Å². The maximum absolute atomic E-state index is 13.2. The van der Waals surface area contributed by atoms with Crippen molar-refractivity contribution in [1.82, 2.24) is 14.5 Å². The number of nitrogens with two attached hydrogens (primary N) is 2. The fourth-order valence-corrected chi connectivity index (χ4v) is 3.73. The molecule has 1 atom stereocenters. The van der Waals surface area contributed by atoms with Gasteiger partial charge in [0.15, 0.2) is 0 Å². The average Bonchev–Trinajstić information content (AvgIpc) is 2.90. The van der Waals surface area contributed by atoms with E-state index in [4.69, 9.17) is 16.2 Å². The van der Waals surface area contributed by atoms with Crippen LogP contribution in [-0.4, -0.2) is 40.3 Å². The molecule has 2 heterocycles. The highest BCUT2D eigenvalue weighted by molar-refractivity contribution is 5.93. The quantitative estimate of drug-likeness (QED) is 0.661. The number of primary amides is 1. The van der Waals surface area contributed by atoms with E-state index in [-0.39, 0.29) is 5.92 Å². The zero-order valence-corrected chi connectivity index (χ0v) is 17.1. The first kappa shape index (κ1) is 20.9. The summed E-state index contributed by atoms with van der Waals surface area (Å²) in [5.41, 5.74) is 11.9. The van der Waals surface area contributed by atoms with Crippen molar-refractivity contribution in [2.24, 2.45) is 17.1 Å². The number of hydrogen-bond donors (Lipinski definition) is 3. The second-order valence-electron chi connectivity index (χ2n) is 8.68. The van der Waals surface area contributed by atoms with Crippen molar-refractivity contribution in [1.29, 1.82) is 0 Å². The summed E-state index contributed by atoms with van der Waals surface area (Å²) in [7, 11) is 0. The van der Waals surface area contributed by atoms with E-state index in [2.05, 4.69) is 5.32 Å². The van der Waals surface area contributed by atoms with E-state index in [1.807, 2.05) is 0 Å². The van der Waals surface area contributed by atoms with Crippen molar-refractivity contribution >= 4 is 28.7 Å². The van der Waals surface area contributed by atoms with Gasteiger partial charge in [0.25, 0.3) is 0 Å². The summed E-state index contributed by atoms with van der Waals surface area (Å²) in [5.74, 6) is -0.382. The number of nitrogen functional groups attached to an aromatic ring is 1. The van der Waals surface area contributed by atoms with Gasteiger partial charge in [-0.25, -0.2) is 14.2 Å². The van der Waals surface area contributed by atoms with Gasteiger partial charge in [-0.15, -0.1) is 0 Å². The van der Waals surface area contributed by atoms with Crippen molar-refractivity contribution in [3.8, 4) is 0 Å². The molecule has 1 aliphatic rings. The second kappa shape index (κ2) is 7.90. The summed E-state index contributed by atoms with van der Waals surface area (Å²) in [4.78, 5) is 38.1. The fourth-order valence-electron chi connectivity index (χ4n) is 3.73. The number of rotatable bonds is 4. The lowest BCUT2D eigenvalue weighted by molar-refractivity contribution is -0.122. The molecular formula is C20H29N5O4. The molecule has 1 aromatic carbocycles. The number of fused-ring (bicyclic) bond motifs is 1. The normalized spacial score (nSPS) is 16.7. The molecule has 1 aromatic heterocycles. The predicted octanol–water partition coefficient (Wildman–Crippen LogP) is 1.27. The third kappa shape index (κ3) is 4.29. The van der Waals surface area contributed by atoms with Crippen molar-refractivity contribution < 1.29 is 14.3 Å². The SMILES string of the molecule is CC(C)(C)[C@H](NC(=O)n1c(=O)n(CC2CCOCC2)c2cc(N)ccc21)C(N)=O. The van der Waals surface area contributed by atoms with E-state index < -0.39 is 29.1 Å². The molecule has 1 saturated heterocycles. The number of carbonyl (C=O) groups is 2. The minimum Gasteiger partial charge on any atom is -0.399 e. The number of imidazole rings is 1. The topological polar surface area (TPSA) is 134 Å². The van der Waals surface area contributed by atoms with E-state index in [1.54, 1.807) is 43.5 Å². The molecule has 3 rings (SSSR count). The highest BCUT2D eigenvalue weighted by atomic mass is 16.5. The monoisotopic (exact) mass is 403 g/mol. The molecule has 9 heteroatoms. The third-order valence-electron chi connectivity index (χ3n) is 5.36. The summed E-state index contributed by atoms with van der Waals surface area (Å²) in [6, 6.07) is 3.36. The maximum atomic E-state index is 13.2. The second-order valence-corrected chi connectivity index (χ2v) is 8.68. The molecule has 0 unspecified atom stereocenters. The molecule has 0 saturated carbocycles. The number of nitrogens with one attached hydrogen (secondary N) is 1. The van der Waals surface area contributed by atoms with Gasteiger partial charge in [-0.05, 0) is 42.4 Å². The molecule has 2 amide bonds. The molecule has 5 N–H and O–H groups in total. The Balaban J connectivity index is 2.03. The number of benzene rings is 1. The smallest absolute Gasteiger partial charge is 0.337 e. The largest absolute Gasteiger partial charge is 0.399 e. The van der Waals surface area contributed by atoms with E-state index in [0.717, 1.165) is 17.4 Å². The summed E-state index contributed by atoms with van der Waals surface area (Å²) >= 11 is 0. The maximum Gasteiger partial charge on any atom is 0.337 e. The molecule has 0 bridgehead atoms. The van der Waals surface area contributed by atoms with E-state index >= 15 is 0 Å². The third-order valence-corrected chi connectivity index (χ3v) is 5.36. The first-order valence-electron chi connectivity index (χ1n) is 9.78. The molecule has 1 aliphatic heterocycles. The molecule has 0 radical (unpaired) electrons. The number of ether oxygens (including phenoxy) is 1. The Labute approximate surface area is 169 Å². The van der Waals surface area contributed by atoms with Gasteiger partial charge in [0.2, 0.25) is 5.91 Å². The van der Waals surface area contributed by atoms with Gasteiger partial charge in [-0.1, -0.05) is 20.8 Å². The van der Waals surface area contributed by atoms with Gasteiger partial charge < -0.3 is 21.5 Å². The number of amides is 2. The Morgan fingerprint density at radius 3 is 2.48 bits per heavy atom. The number of anilines is 1. The van der Waals surface area contributed by atoms with Crippen LogP contribution in [0.1, 0.15) is 33.6 Å². The van der Waals surface area contributed by atoms with Crippen LogP contribution in [0.25, 0.3) is 11.0 Å². The highest BCUT2D eigenvalue weighted by Gasteiger charge is 2.32. The number of nitrogens with zero attached hydrogens (tertiary/aromatic N) is 2. The molecule has 0 aliphatic carbocycles. The van der Waals surface area contributed by atoms with Crippen LogP contribution < -0.4 is 22.5 Å². The number of hydrogen-bond acceptors (Lipinski definition) is 5. The summed E-state index contributed by atoms with van der Waals surface area (Å²) in [6.07, 6.45) is 1.70. The highest BCUT2D eigenvalue weighted by Crippen LogP contribution is 2.23. The van der Waals surface area contributed by atoms with Crippen molar-refractivity contribution in [3.05, 3.63) is 28.7 Å². The Kier molecular flexibility index (Phi) is 5.70. The van der Waals surface area contributed by atoms with Crippen LogP contribution in [0.4, 0.5) is 10.5 Å². The van der Waals surface area contributed by atoms with Gasteiger partial charge in [-0.3, -0.25) is 9.36 Å². The fraction of sp³-hybridized carbons (Fsp3) is 0.550. The van der Waals surface area contributed by atoms with Crippen LogP contribution >= 0.6 is 0 Å². The van der Waals surface area contributed by atoms with Crippen molar-refractivity contribution in [3.63, 3.8) is 0 Å². The predicted molar refractivity (Wildman–Crippen MR) is 111 cm³/mol. The Hall–Kier alpha value is -2.81. The Morgan fingerprint density at radius 2 is 1.90 bits per heavy atom. The number of carbonyl (C=O) groups excluding carboxylic acids is 2. The molecule has 1 fully saturated rings. The average molecular weight is 403 g/mol. The van der Waals surface area contributed by atoms with Crippen LogP contribution in [0.3, 0.4) is 0 Å². The molecular weight excluding hydrogens is 374 g/mol. The van der Waals surface area contributed by atoms with Gasteiger partial charge in [0.05, 0.1) is 11.0 Å². The minimum absolute atomic E-state index is 0.276. The summed E-state index contributed by atoms with van der Waals surface area (Å²) in [5, 5.41) is 2.62. The summed E-state index contributed by atoms with van der Waals surface area (Å²) < 4.78 is 8.03. The van der Waals surface area contributed by atoms with Crippen molar-refractivity contribution in [2.45, 2.75) is 46.2 Å². The first-order valence-corrected chi connectivity index (χ1v) is 9.78. The molecule has 2 aromatic rings. The lowest BCUT2D eigenvalue weighted by Crippen LogP contribution is -2.54. The number of aromatic nitrogens is 2. The van der Waals surface area contributed by atoms with E-state index in [0.29, 0.717) is 36.5 Å². The standard InChI is InChI=1S/C20H29N5O4/c1-20(2,3)16(17(22)26)23-18(27)25-14-5-4-13(21)10-15(14)24(19(25)28)11-12-6-8-29-9-7-12/h4-5,10,12,16H,6-9,11,21H2,1-3H3,(H2,22,26)(H,23,27)/t16-/m1/s1. The summed E-state index contributed by atoms with van der Waals surface area (Å²) in [6.45, 7) is 7.17. The molecule has 158 valence electrons. The van der Waals surface area contributed by atoms with E-state index in [9.17, 15) is 14.4 Å². The van der Waals surface area contributed by atoms with Gasteiger partial charge >= 0.3 is 11.7 Å². The van der Waals surface area contributed by atoms with Crippen LogP contribution in [0.2, 0.25) is 0 Å².